The van der Waals surface area contributed by atoms with Gasteiger partial charge in [-0.25, -0.2) is 4.98 Å². The maximum Gasteiger partial charge on any atom is 0.273 e. The largest absolute Gasteiger partial charge is 0.488 e. The summed E-state index contributed by atoms with van der Waals surface area (Å²) in [5.41, 5.74) is 2.45. The second-order valence-corrected chi connectivity index (χ2v) is 8.87. The number of halogens is 1. The smallest absolute Gasteiger partial charge is 0.273 e. The molecule has 1 amide bonds. The number of rotatable bonds is 5. The van der Waals surface area contributed by atoms with E-state index in [-0.39, 0.29) is 5.91 Å². The molecule has 4 nitrogen and oxygen atoms in total. The van der Waals surface area contributed by atoms with Crippen molar-refractivity contribution >= 4 is 40.6 Å². The number of aromatic nitrogens is 1. The van der Waals surface area contributed by atoms with Gasteiger partial charge in [0.05, 0.1) is 5.56 Å². The summed E-state index contributed by atoms with van der Waals surface area (Å²) >= 11 is 9.29. The number of nitrogens with zero attached hydrogens (tertiary/aromatic N) is 2. The standard InChI is InChI=1S/C21H19ClN2O2S2/c22-16-7-5-15(6-8-16)13-26-19-4-2-1-3-17(19)20-23-18(14-28-20)21(25)24-9-11-27-12-10-24/h1-8,14H,9-13H2. The zero-order chi connectivity index (χ0) is 19.3. The Morgan fingerprint density at radius 2 is 1.86 bits per heavy atom. The first kappa shape index (κ1) is 19.3. The van der Waals surface area contributed by atoms with Crippen LogP contribution in [0.3, 0.4) is 0 Å². The Labute approximate surface area is 177 Å². The monoisotopic (exact) mass is 430 g/mol. The number of hydrogen-bond donors (Lipinski definition) is 0. The molecule has 0 aliphatic carbocycles. The van der Waals surface area contributed by atoms with Gasteiger partial charge >= 0.3 is 0 Å². The number of hydrogen-bond acceptors (Lipinski definition) is 5. The molecule has 0 radical (unpaired) electrons. The molecule has 0 unspecified atom stereocenters. The molecule has 4 rings (SSSR count). The first-order chi connectivity index (χ1) is 13.7. The van der Waals surface area contributed by atoms with Crippen LogP contribution in [-0.2, 0) is 6.61 Å². The van der Waals surface area contributed by atoms with Gasteiger partial charge in [0.1, 0.15) is 23.1 Å². The highest BCUT2D eigenvalue weighted by molar-refractivity contribution is 7.99. The number of amides is 1. The minimum Gasteiger partial charge on any atom is -0.488 e. The van der Waals surface area contributed by atoms with Crippen molar-refractivity contribution in [3.05, 3.63) is 70.2 Å². The van der Waals surface area contributed by atoms with Crippen molar-refractivity contribution in [3.8, 4) is 16.3 Å². The summed E-state index contributed by atoms with van der Waals surface area (Å²) in [5.74, 6) is 2.75. The Kier molecular flexibility index (Phi) is 6.20. The van der Waals surface area contributed by atoms with Gasteiger partial charge in [-0.1, -0.05) is 35.9 Å². The number of carbonyl (C=O) groups excluding carboxylic acids is 1. The highest BCUT2D eigenvalue weighted by atomic mass is 35.5. The second-order valence-electron chi connectivity index (χ2n) is 6.35. The quantitative estimate of drug-likeness (QED) is 0.555. The van der Waals surface area contributed by atoms with Gasteiger partial charge in [0.15, 0.2) is 0 Å². The third-order valence-electron chi connectivity index (χ3n) is 4.45. The van der Waals surface area contributed by atoms with Crippen molar-refractivity contribution in [2.45, 2.75) is 6.61 Å². The summed E-state index contributed by atoms with van der Waals surface area (Å²) in [6.45, 7) is 2.02. The Hall–Kier alpha value is -2.02. The van der Waals surface area contributed by atoms with Gasteiger partial charge in [-0.2, -0.15) is 11.8 Å². The number of carbonyl (C=O) groups is 1. The van der Waals surface area contributed by atoms with Crippen molar-refractivity contribution in [1.29, 1.82) is 0 Å². The molecule has 144 valence electrons. The van der Waals surface area contributed by atoms with Gasteiger partial charge in [0.25, 0.3) is 5.91 Å². The lowest BCUT2D eigenvalue weighted by molar-refractivity contribution is 0.0767. The molecule has 0 atom stereocenters. The summed E-state index contributed by atoms with van der Waals surface area (Å²) in [6, 6.07) is 15.4. The van der Waals surface area contributed by atoms with E-state index >= 15 is 0 Å². The Balaban J connectivity index is 1.51. The van der Waals surface area contributed by atoms with Gasteiger partial charge in [-0.3, -0.25) is 4.79 Å². The molecular weight excluding hydrogens is 412 g/mol. The van der Waals surface area contributed by atoms with Crippen molar-refractivity contribution in [2.75, 3.05) is 24.6 Å². The summed E-state index contributed by atoms with van der Waals surface area (Å²) in [7, 11) is 0. The predicted molar refractivity (Wildman–Crippen MR) is 117 cm³/mol. The summed E-state index contributed by atoms with van der Waals surface area (Å²) in [6.07, 6.45) is 0. The van der Waals surface area contributed by atoms with Gasteiger partial charge in [-0.15, -0.1) is 11.3 Å². The number of para-hydroxylation sites is 1. The van der Waals surface area contributed by atoms with Crippen molar-refractivity contribution in [1.82, 2.24) is 9.88 Å². The number of thioether (sulfide) groups is 1. The molecule has 0 bridgehead atoms. The maximum absolute atomic E-state index is 12.7. The van der Waals surface area contributed by atoms with E-state index < -0.39 is 0 Å². The van der Waals surface area contributed by atoms with E-state index in [1.807, 2.05) is 70.6 Å². The normalized spacial score (nSPS) is 14.1. The minimum atomic E-state index is 0.0161. The fourth-order valence-corrected chi connectivity index (χ4v) is 4.79. The molecule has 3 aromatic rings. The van der Waals surface area contributed by atoms with Crippen LogP contribution >= 0.6 is 34.7 Å². The minimum absolute atomic E-state index is 0.0161. The molecule has 0 N–H and O–H groups in total. The lowest BCUT2D eigenvalue weighted by Crippen LogP contribution is -2.38. The van der Waals surface area contributed by atoms with Crippen LogP contribution in [-0.4, -0.2) is 40.4 Å². The van der Waals surface area contributed by atoms with Crippen LogP contribution < -0.4 is 4.74 Å². The molecule has 1 aliphatic rings. The molecule has 2 aromatic carbocycles. The molecule has 7 heteroatoms. The van der Waals surface area contributed by atoms with Crippen LogP contribution in [0, 0.1) is 0 Å². The van der Waals surface area contributed by atoms with E-state index in [1.54, 1.807) is 0 Å². The van der Waals surface area contributed by atoms with Crippen molar-refractivity contribution in [2.24, 2.45) is 0 Å². The summed E-state index contributed by atoms with van der Waals surface area (Å²) in [5, 5.41) is 3.34. The number of thiazole rings is 1. The van der Waals surface area contributed by atoms with E-state index in [4.69, 9.17) is 16.3 Å². The Morgan fingerprint density at radius 3 is 2.64 bits per heavy atom. The highest BCUT2D eigenvalue weighted by Gasteiger charge is 2.21. The van der Waals surface area contributed by atoms with Crippen molar-refractivity contribution < 1.29 is 9.53 Å². The van der Waals surface area contributed by atoms with Crippen LogP contribution in [0.4, 0.5) is 0 Å². The van der Waals surface area contributed by atoms with Crippen LogP contribution in [0.15, 0.2) is 53.9 Å². The van der Waals surface area contributed by atoms with E-state index in [0.717, 1.165) is 46.5 Å². The zero-order valence-corrected chi connectivity index (χ0v) is 17.5. The second kappa shape index (κ2) is 8.99. The molecule has 1 aliphatic heterocycles. The van der Waals surface area contributed by atoms with E-state index in [2.05, 4.69) is 4.98 Å². The number of benzene rings is 2. The molecular formula is C21H19ClN2O2S2. The molecule has 0 saturated carbocycles. The maximum atomic E-state index is 12.7. The average Bonchev–Trinajstić information content (AvgIpc) is 3.24. The lowest BCUT2D eigenvalue weighted by Gasteiger charge is -2.25. The third kappa shape index (κ3) is 4.51. The fourth-order valence-electron chi connectivity index (χ4n) is 2.94. The van der Waals surface area contributed by atoms with Crippen LogP contribution in [0.2, 0.25) is 5.02 Å². The molecule has 2 heterocycles. The molecule has 0 spiro atoms. The van der Waals surface area contributed by atoms with Gasteiger partial charge in [-0.05, 0) is 29.8 Å². The number of ether oxygens (including phenoxy) is 1. The van der Waals surface area contributed by atoms with E-state index in [0.29, 0.717) is 17.3 Å². The molecule has 28 heavy (non-hydrogen) atoms. The SMILES string of the molecule is O=C(c1csc(-c2ccccc2OCc2ccc(Cl)cc2)n1)N1CCSCC1. The van der Waals surface area contributed by atoms with Crippen molar-refractivity contribution in [3.63, 3.8) is 0 Å². The summed E-state index contributed by atoms with van der Waals surface area (Å²) in [4.78, 5) is 19.2. The topological polar surface area (TPSA) is 42.4 Å². The Bertz CT molecular complexity index is 953. The predicted octanol–water partition coefficient (Wildman–Crippen LogP) is 5.23. The van der Waals surface area contributed by atoms with Crippen LogP contribution in [0.5, 0.6) is 5.75 Å². The Morgan fingerprint density at radius 1 is 1.11 bits per heavy atom. The first-order valence-electron chi connectivity index (χ1n) is 9.00. The van der Waals surface area contributed by atoms with E-state index in [1.165, 1.54) is 11.3 Å². The van der Waals surface area contributed by atoms with E-state index in [9.17, 15) is 4.79 Å². The highest BCUT2D eigenvalue weighted by Crippen LogP contribution is 2.33. The third-order valence-corrected chi connectivity index (χ3v) is 6.52. The van der Waals surface area contributed by atoms with Crippen LogP contribution in [0.25, 0.3) is 10.6 Å². The van der Waals surface area contributed by atoms with Crippen LogP contribution in [0.1, 0.15) is 16.1 Å². The summed E-state index contributed by atoms with van der Waals surface area (Å²) < 4.78 is 6.03. The molecule has 1 saturated heterocycles. The zero-order valence-electron chi connectivity index (χ0n) is 15.1. The fraction of sp³-hybridized carbons (Fsp3) is 0.238. The first-order valence-corrected chi connectivity index (χ1v) is 11.4. The van der Waals surface area contributed by atoms with Gasteiger partial charge in [0.2, 0.25) is 0 Å². The van der Waals surface area contributed by atoms with Gasteiger partial charge < -0.3 is 9.64 Å². The lowest BCUT2D eigenvalue weighted by atomic mass is 10.2. The average molecular weight is 431 g/mol. The molecule has 1 fully saturated rings. The molecule has 1 aromatic heterocycles. The van der Waals surface area contributed by atoms with Gasteiger partial charge in [0, 0.05) is 35.0 Å².